The lowest BCUT2D eigenvalue weighted by atomic mass is 9.99. The molecule has 0 aromatic heterocycles. The van der Waals surface area contributed by atoms with Gasteiger partial charge in [0.05, 0.1) is 19.8 Å². The van der Waals surface area contributed by atoms with Crippen LogP contribution in [0.25, 0.3) is 0 Å². The third-order valence-electron chi connectivity index (χ3n) is 13.5. The van der Waals surface area contributed by atoms with E-state index in [0.717, 1.165) is 83.5 Å². The number of carbonyl (C=O) groups excluding carboxylic acids is 1. The van der Waals surface area contributed by atoms with E-state index in [9.17, 15) is 33.1 Å². The number of ether oxygens (including phenoxy) is 4. The molecule has 0 saturated carbocycles. The Kier molecular flexibility index (Phi) is 49.7. The standard InChI is InChI=1S/C63H110O12S/c1-3-5-7-9-11-13-15-17-19-21-23-25-27-28-29-31-33-35-37-39-41-43-45-47-49-51-53-71-55-57(56-72-63-61(67)62(75-76(68,69)70)60(66)58(54-64)74-63)73-59(65)52-50-48-46-44-42-40-38-36-34-32-30-26-24-22-20-18-16-14-12-10-8-6-4-2/h5,7,11,13,16-19,22-25,30,32,57-58,60-64,66-67H,3-4,6,8-10,12,14-15,20-21,26-29,31,33-56H2,1-2H3,(H,68,69,70)/b7-5-,13-11-,18-16-,19-17-,24-22-,25-23-,32-30-. The Labute approximate surface area is 463 Å². The van der Waals surface area contributed by atoms with Crippen molar-refractivity contribution in [2.24, 2.45) is 0 Å². The van der Waals surface area contributed by atoms with Gasteiger partial charge in [-0.3, -0.25) is 9.35 Å². The first-order chi connectivity index (χ1) is 37.1. The van der Waals surface area contributed by atoms with Crippen LogP contribution in [-0.2, 0) is 38.3 Å². The Morgan fingerprint density at radius 3 is 1.33 bits per heavy atom. The number of esters is 1. The number of aliphatic hydroxyl groups excluding tert-OH is 3. The van der Waals surface area contributed by atoms with Crippen LogP contribution in [-0.4, -0.2) is 97.5 Å². The smallest absolute Gasteiger partial charge is 0.397 e. The van der Waals surface area contributed by atoms with Crippen LogP contribution in [0.15, 0.2) is 85.1 Å². The number of carbonyl (C=O) groups is 1. The van der Waals surface area contributed by atoms with Gasteiger partial charge < -0.3 is 34.3 Å². The first-order valence-corrected chi connectivity index (χ1v) is 31.7. The van der Waals surface area contributed by atoms with Crippen molar-refractivity contribution in [2.75, 3.05) is 26.4 Å². The molecule has 0 aliphatic carbocycles. The van der Waals surface area contributed by atoms with Gasteiger partial charge in [0.15, 0.2) is 6.29 Å². The molecule has 4 N–H and O–H groups in total. The average Bonchev–Trinajstić information content (AvgIpc) is 3.40. The molecule has 76 heavy (non-hydrogen) atoms. The Bertz CT molecular complexity index is 1640. The topological polar surface area (TPSA) is 178 Å². The molecule has 0 spiro atoms. The zero-order chi connectivity index (χ0) is 55.3. The van der Waals surface area contributed by atoms with Crippen molar-refractivity contribution in [1.29, 1.82) is 0 Å². The van der Waals surface area contributed by atoms with E-state index in [1.807, 2.05) is 0 Å². The molecule has 0 amide bonds. The first kappa shape index (κ1) is 71.3. The molecule has 1 heterocycles. The molecular weight excluding hydrogens is 981 g/mol. The molecule has 440 valence electrons. The molecule has 0 bridgehead atoms. The summed E-state index contributed by atoms with van der Waals surface area (Å²) >= 11 is 0. The van der Waals surface area contributed by atoms with Crippen LogP contribution in [0.4, 0.5) is 0 Å². The van der Waals surface area contributed by atoms with Gasteiger partial charge in [0.1, 0.15) is 30.5 Å². The van der Waals surface area contributed by atoms with Crippen LogP contribution < -0.4 is 0 Å². The van der Waals surface area contributed by atoms with Crippen LogP contribution in [0.1, 0.15) is 245 Å². The maximum Gasteiger partial charge on any atom is 0.397 e. The fourth-order valence-corrected chi connectivity index (χ4v) is 9.48. The fourth-order valence-electron chi connectivity index (χ4n) is 8.97. The van der Waals surface area contributed by atoms with Crippen LogP contribution in [0.3, 0.4) is 0 Å². The minimum Gasteiger partial charge on any atom is -0.457 e. The van der Waals surface area contributed by atoms with Crippen molar-refractivity contribution >= 4 is 16.4 Å². The van der Waals surface area contributed by atoms with E-state index >= 15 is 0 Å². The Hall–Kier alpha value is -2.72. The summed E-state index contributed by atoms with van der Waals surface area (Å²) in [4.78, 5) is 13.0. The molecule has 0 aromatic carbocycles. The summed E-state index contributed by atoms with van der Waals surface area (Å²) < 4.78 is 59.5. The van der Waals surface area contributed by atoms with Gasteiger partial charge in [-0.05, 0) is 89.9 Å². The first-order valence-electron chi connectivity index (χ1n) is 30.3. The van der Waals surface area contributed by atoms with Gasteiger partial charge in [-0.1, -0.05) is 234 Å². The molecular formula is C63H110O12S. The number of hydrogen-bond acceptors (Lipinski definition) is 11. The molecule has 1 aliphatic rings. The highest BCUT2D eigenvalue weighted by molar-refractivity contribution is 7.80. The molecule has 12 nitrogen and oxygen atoms in total. The van der Waals surface area contributed by atoms with Crippen LogP contribution in [0.5, 0.6) is 0 Å². The van der Waals surface area contributed by atoms with E-state index in [2.05, 4.69) is 103 Å². The normalized spacial score (nSPS) is 19.2. The maximum atomic E-state index is 13.0. The highest BCUT2D eigenvalue weighted by Gasteiger charge is 2.48. The van der Waals surface area contributed by atoms with Gasteiger partial charge in [-0.15, -0.1) is 0 Å². The van der Waals surface area contributed by atoms with E-state index in [1.54, 1.807) is 0 Å². The molecule has 1 saturated heterocycles. The number of unbranched alkanes of at least 4 members (excludes halogenated alkanes) is 26. The summed E-state index contributed by atoms with van der Waals surface area (Å²) in [6.45, 7) is 3.88. The molecule has 6 atom stereocenters. The third kappa shape index (κ3) is 45.2. The summed E-state index contributed by atoms with van der Waals surface area (Å²) in [6.07, 6.45) is 63.3. The summed E-state index contributed by atoms with van der Waals surface area (Å²) in [5, 5.41) is 30.9. The molecule has 1 aliphatic heterocycles. The van der Waals surface area contributed by atoms with E-state index in [0.29, 0.717) is 13.0 Å². The average molecular weight is 1090 g/mol. The maximum absolute atomic E-state index is 13.0. The Morgan fingerprint density at radius 2 is 0.908 bits per heavy atom. The van der Waals surface area contributed by atoms with Gasteiger partial charge in [0.25, 0.3) is 0 Å². The molecule has 1 fully saturated rings. The number of hydrogen-bond donors (Lipinski definition) is 4. The van der Waals surface area contributed by atoms with Gasteiger partial charge in [-0.25, -0.2) is 4.18 Å². The predicted octanol–water partition coefficient (Wildman–Crippen LogP) is 15.5. The minimum absolute atomic E-state index is 0.0287. The van der Waals surface area contributed by atoms with E-state index in [1.165, 1.54) is 135 Å². The van der Waals surface area contributed by atoms with Crippen LogP contribution in [0.2, 0.25) is 0 Å². The van der Waals surface area contributed by atoms with Gasteiger partial charge in [-0.2, -0.15) is 8.42 Å². The predicted molar refractivity (Wildman–Crippen MR) is 312 cm³/mol. The number of rotatable bonds is 53. The largest absolute Gasteiger partial charge is 0.457 e. The Morgan fingerprint density at radius 1 is 0.513 bits per heavy atom. The minimum atomic E-state index is -5.07. The van der Waals surface area contributed by atoms with E-state index in [-0.39, 0.29) is 19.6 Å². The molecule has 1 rings (SSSR count). The van der Waals surface area contributed by atoms with Gasteiger partial charge in [0, 0.05) is 13.0 Å². The second-order valence-electron chi connectivity index (χ2n) is 20.6. The third-order valence-corrected chi connectivity index (χ3v) is 14.0. The van der Waals surface area contributed by atoms with E-state index < -0.39 is 59.8 Å². The highest BCUT2D eigenvalue weighted by Crippen LogP contribution is 2.26. The lowest BCUT2D eigenvalue weighted by Crippen LogP contribution is -2.60. The van der Waals surface area contributed by atoms with E-state index in [4.69, 9.17) is 18.9 Å². The van der Waals surface area contributed by atoms with Gasteiger partial charge >= 0.3 is 16.4 Å². The highest BCUT2D eigenvalue weighted by atomic mass is 32.3. The number of allylic oxidation sites excluding steroid dienone is 14. The van der Waals surface area contributed by atoms with Crippen molar-refractivity contribution in [3.05, 3.63) is 85.1 Å². The lowest BCUT2D eigenvalue weighted by Gasteiger charge is -2.41. The van der Waals surface area contributed by atoms with Crippen molar-refractivity contribution < 1.29 is 56.2 Å². The van der Waals surface area contributed by atoms with Crippen molar-refractivity contribution in [3.63, 3.8) is 0 Å². The summed E-state index contributed by atoms with van der Waals surface area (Å²) in [7, 11) is -5.07. The zero-order valence-corrected chi connectivity index (χ0v) is 48.6. The van der Waals surface area contributed by atoms with Crippen LogP contribution in [0, 0.1) is 0 Å². The Balaban J connectivity index is 2.28. The second-order valence-corrected chi connectivity index (χ2v) is 21.6. The second kappa shape index (κ2) is 53.0. The summed E-state index contributed by atoms with van der Waals surface area (Å²) in [6, 6.07) is 0. The monoisotopic (exact) mass is 1090 g/mol. The lowest BCUT2D eigenvalue weighted by molar-refractivity contribution is -0.301. The molecule has 0 aromatic rings. The summed E-state index contributed by atoms with van der Waals surface area (Å²) in [5.41, 5.74) is 0. The molecule has 6 unspecified atom stereocenters. The zero-order valence-electron chi connectivity index (χ0n) is 47.8. The van der Waals surface area contributed by atoms with Crippen molar-refractivity contribution in [3.8, 4) is 0 Å². The van der Waals surface area contributed by atoms with Crippen molar-refractivity contribution in [2.45, 2.75) is 282 Å². The molecule has 13 heteroatoms. The van der Waals surface area contributed by atoms with Crippen LogP contribution >= 0.6 is 0 Å². The fraction of sp³-hybridized carbons (Fsp3) is 0.762. The molecule has 0 radical (unpaired) electrons. The summed E-state index contributed by atoms with van der Waals surface area (Å²) in [5.74, 6) is -0.407. The quantitative estimate of drug-likeness (QED) is 0.0196. The SMILES string of the molecule is CC/C=C\C/C=C\C/C=C\C/C=C\CCCCCCCCCCCCCCCOCC(COC1OC(CO)C(O)C(OS(=O)(=O)O)C1O)OC(=O)CCCCCCCCCC/C=C\C/C=C\C/C=C\CCCCCCC. The number of aliphatic hydroxyl groups is 3. The van der Waals surface area contributed by atoms with Crippen molar-refractivity contribution in [1.82, 2.24) is 0 Å². The van der Waals surface area contributed by atoms with Gasteiger partial charge in [0.2, 0.25) is 0 Å².